The largest absolute Gasteiger partial charge is 0.449 e. The van der Waals surface area contributed by atoms with E-state index in [0.29, 0.717) is 23.7 Å². The maximum absolute atomic E-state index is 12.8. The molecule has 2 aromatic rings. The highest BCUT2D eigenvalue weighted by molar-refractivity contribution is 7.10. The molecule has 0 saturated heterocycles. The average Bonchev–Trinajstić information content (AvgIpc) is 3.04. The van der Waals surface area contributed by atoms with Gasteiger partial charge in [-0.05, 0) is 36.1 Å². The lowest BCUT2D eigenvalue weighted by molar-refractivity contribution is -0.117. The second-order valence-electron chi connectivity index (χ2n) is 5.52. The van der Waals surface area contributed by atoms with Crippen LogP contribution in [0.5, 0.6) is 5.75 Å². The molecule has 1 amide bonds. The Bertz CT molecular complexity index is 723. The fourth-order valence-electron chi connectivity index (χ4n) is 2.57. The van der Waals surface area contributed by atoms with Gasteiger partial charge in [-0.15, -0.1) is 11.3 Å². The van der Waals surface area contributed by atoms with Crippen LogP contribution in [0.25, 0.3) is 6.08 Å². The number of ether oxygens (including phenoxy) is 1. The van der Waals surface area contributed by atoms with Gasteiger partial charge in [0.15, 0.2) is 11.5 Å². The number of benzene rings is 1. The fraction of sp³-hybridized carbons (Fsp3) is 0.278. The van der Waals surface area contributed by atoms with Crippen LogP contribution >= 0.6 is 11.3 Å². The van der Waals surface area contributed by atoms with Crippen molar-refractivity contribution < 1.29 is 9.53 Å². The number of unbranched alkanes of at least 4 members (excludes halogenated alkanes) is 2. The number of rotatable bonds is 5. The van der Waals surface area contributed by atoms with Crippen molar-refractivity contribution in [1.29, 1.82) is 0 Å². The predicted molar refractivity (Wildman–Crippen MR) is 95.7 cm³/mol. The van der Waals surface area contributed by atoms with E-state index < -0.39 is 0 Å². The van der Waals surface area contributed by atoms with Crippen molar-refractivity contribution >= 4 is 34.7 Å². The van der Waals surface area contributed by atoms with E-state index in [1.54, 1.807) is 34.4 Å². The van der Waals surface area contributed by atoms with Crippen molar-refractivity contribution in [2.75, 3.05) is 17.2 Å². The summed E-state index contributed by atoms with van der Waals surface area (Å²) in [7, 11) is 0. The molecule has 1 aromatic heterocycles. The van der Waals surface area contributed by atoms with Gasteiger partial charge in [-0.3, -0.25) is 4.79 Å². The van der Waals surface area contributed by atoms with Crippen LogP contribution in [0.4, 0.5) is 11.4 Å². The normalized spacial score (nSPS) is 15.6. The van der Waals surface area contributed by atoms with E-state index in [4.69, 9.17) is 10.5 Å². The number of hydrogen-bond donors (Lipinski definition) is 1. The van der Waals surface area contributed by atoms with Gasteiger partial charge in [-0.2, -0.15) is 0 Å². The fourth-order valence-corrected chi connectivity index (χ4v) is 3.22. The lowest BCUT2D eigenvalue weighted by atomic mass is 10.1. The van der Waals surface area contributed by atoms with Gasteiger partial charge < -0.3 is 15.4 Å². The summed E-state index contributed by atoms with van der Waals surface area (Å²) in [5.74, 6) is 0.937. The van der Waals surface area contributed by atoms with Crippen molar-refractivity contribution in [3.63, 3.8) is 0 Å². The Kier molecular flexibility index (Phi) is 4.67. The molecule has 2 heterocycles. The zero-order valence-electron chi connectivity index (χ0n) is 13.1. The van der Waals surface area contributed by atoms with Gasteiger partial charge in [0.25, 0.3) is 5.91 Å². The first-order valence-electron chi connectivity index (χ1n) is 7.83. The van der Waals surface area contributed by atoms with Crippen molar-refractivity contribution in [2.24, 2.45) is 0 Å². The third-order valence-electron chi connectivity index (χ3n) is 3.75. The van der Waals surface area contributed by atoms with Gasteiger partial charge in [0.1, 0.15) is 0 Å². The zero-order chi connectivity index (χ0) is 16.2. The molecular weight excluding hydrogens is 308 g/mol. The molecule has 1 aliphatic heterocycles. The number of amides is 1. The maximum Gasteiger partial charge on any atom is 0.294 e. The monoisotopic (exact) mass is 328 g/mol. The molecule has 4 nitrogen and oxygen atoms in total. The van der Waals surface area contributed by atoms with Crippen LogP contribution in [0.15, 0.2) is 41.5 Å². The average molecular weight is 328 g/mol. The number of carbonyl (C=O) groups excluding carboxylic acids is 1. The molecule has 0 spiro atoms. The molecular formula is C18H20N2O2S. The minimum atomic E-state index is -0.104. The van der Waals surface area contributed by atoms with Crippen LogP contribution in [-0.2, 0) is 4.79 Å². The van der Waals surface area contributed by atoms with Gasteiger partial charge in [-0.25, -0.2) is 0 Å². The van der Waals surface area contributed by atoms with Gasteiger partial charge >= 0.3 is 0 Å². The Hall–Kier alpha value is -2.27. The van der Waals surface area contributed by atoms with E-state index in [9.17, 15) is 4.79 Å². The SMILES string of the molecule is CCCCCN1C(=O)/C(=C\c2cccs2)Oc2ccc(N)cc21. The van der Waals surface area contributed by atoms with E-state index in [2.05, 4.69) is 6.92 Å². The molecule has 2 N–H and O–H groups in total. The number of thiophene rings is 1. The molecule has 1 aromatic carbocycles. The van der Waals surface area contributed by atoms with Crippen LogP contribution < -0.4 is 15.4 Å². The van der Waals surface area contributed by atoms with Gasteiger partial charge in [0.05, 0.1) is 5.69 Å². The van der Waals surface area contributed by atoms with Crippen molar-refractivity contribution in [2.45, 2.75) is 26.2 Å². The van der Waals surface area contributed by atoms with Crippen LogP contribution in [0.3, 0.4) is 0 Å². The maximum atomic E-state index is 12.8. The third-order valence-corrected chi connectivity index (χ3v) is 4.57. The minimum absolute atomic E-state index is 0.104. The number of nitrogens with two attached hydrogens (primary N) is 1. The lowest BCUT2D eigenvalue weighted by Gasteiger charge is -2.30. The van der Waals surface area contributed by atoms with Crippen molar-refractivity contribution in [3.05, 3.63) is 46.3 Å². The zero-order valence-corrected chi connectivity index (χ0v) is 13.9. The van der Waals surface area contributed by atoms with E-state index in [1.165, 1.54) is 0 Å². The molecule has 5 heteroatoms. The number of fused-ring (bicyclic) bond motifs is 1. The molecule has 23 heavy (non-hydrogen) atoms. The van der Waals surface area contributed by atoms with Crippen LogP contribution in [0, 0.1) is 0 Å². The first kappa shape index (κ1) is 15.6. The number of anilines is 2. The summed E-state index contributed by atoms with van der Waals surface area (Å²) >= 11 is 1.58. The first-order valence-corrected chi connectivity index (χ1v) is 8.71. The van der Waals surface area contributed by atoms with E-state index >= 15 is 0 Å². The standard InChI is InChI=1S/C18H20N2O2S/c1-2-3-4-9-20-15-11-13(19)7-8-16(15)22-17(18(20)21)12-14-6-5-10-23-14/h5-8,10-12H,2-4,9,19H2,1H3/b17-12+. The summed E-state index contributed by atoms with van der Waals surface area (Å²) in [5, 5.41) is 1.98. The quantitative estimate of drug-likeness (QED) is 0.506. The topological polar surface area (TPSA) is 55.6 Å². The number of nitrogens with zero attached hydrogens (tertiary/aromatic N) is 1. The molecule has 0 aliphatic carbocycles. The van der Waals surface area contributed by atoms with Gasteiger partial charge in [0, 0.05) is 23.2 Å². The Morgan fingerprint density at radius 3 is 2.91 bits per heavy atom. The summed E-state index contributed by atoms with van der Waals surface area (Å²) in [6.07, 6.45) is 4.97. The molecule has 3 rings (SSSR count). The number of hydrogen-bond acceptors (Lipinski definition) is 4. The summed E-state index contributed by atoms with van der Waals surface area (Å²) in [6, 6.07) is 9.35. The highest BCUT2D eigenvalue weighted by Crippen LogP contribution is 2.37. The van der Waals surface area contributed by atoms with E-state index in [1.807, 2.05) is 23.6 Å². The van der Waals surface area contributed by atoms with Crippen LogP contribution in [-0.4, -0.2) is 12.5 Å². The highest BCUT2D eigenvalue weighted by Gasteiger charge is 2.30. The predicted octanol–water partition coefficient (Wildman–Crippen LogP) is 4.29. The van der Waals surface area contributed by atoms with Crippen molar-refractivity contribution in [1.82, 2.24) is 0 Å². The smallest absolute Gasteiger partial charge is 0.294 e. The summed E-state index contributed by atoms with van der Waals surface area (Å²) in [6.45, 7) is 2.82. The number of nitrogen functional groups attached to an aromatic ring is 1. The first-order chi connectivity index (χ1) is 11.2. The summed E-state index contributed by atoms with van der Waals surface area (Å²) < 4.78 is 5.83. The third kappa shape index (κ3) is 3.40. The Labute approximate surface area is 140 Å². The van der Waals surface area contributed by atoms with E-state index in [0.717, 1.165) is 29.8 Å². The second-order valence-corrected chi connectivity index (χ2v) is 6.50. The van der Waals surface area contributed by atoms with Gasteiger partial charge in [0.2, 0.25) is 0 Å². The molecule has 120 valence electrons. The number of carbonyl (C=O) groups is 1. The van der Waals surface area contributed by atoms with Crippen molar-refractivity contribution in [3.8, 4) is 5.75 Å². The summed E-state index contributed by atoms with van der Waals surface area (Å²) in [4.78, 5) is 15.6. The Morgan fingerprint density at radius 2 is 2.17 bits per heavy atom. The molecule has 0 unspecified atom stereocenters. The highest BCUT2D eigenvalue weighted by atomic mass is 32.1. The molecule has 0 bridgehead atoms. The molecule has 0 atom stereocenters. The molecule has 0 saturated carbocycles. The molecule has 0 radical (unpaired) electrons. The van der Waals surface area contributed by atoms with E-state index in [-0.39, 0.29) is 5.91 Å². The molecule has 0 fully saturated rings. The van der Waals surface area contributed by atoms with Gasteiger partial charge in [-0.1, -0.05) is 25.8 Å². The summed E-state index contributed by atoms with van der Waals surface area (Å²) in [5.41, 5.74) is 7.27. The Morgan fingerprint density at radius 1 is 1.30 bits per heavy atom. The Balaban J connectivity index is 1.95. The van der Waals surface area contributed by atoms with Crippen LogP contribution in [0.2, 0.25) is 0 Å². The minimum Gasteiger partial charge on any atom is -0.449 e. The molecule has 1 aliphatic rings. The lowest BCUT2D eigenvalue weighted by Crippen LogP contribution is -2.38. The van der Waals surface area contributed by atoms with Crippen LogP contribution in [0.1, 0.15) is 31.1 Å². The second kappa shape index (κ2) is 6.87.